The van der Waals surface area contributed by atoms with Crippen molar-refractivity contribution >= 4 is 28.9 Å². The van der Waals surface area contributed by atoms with Crippen LogP contribution in [0.25, 0.3) is 0 Å². The first kappa shape index (κ1) is 19.2. The van der Waals surface area contributed by atoms with Gasteiger partial charge >= 0.3 is 0 Å². The summed E-state index contributed by atoms with van der Waals surface area (Å²) in [5.41, 5.74) is 2.68. The summed E-state index contributed by atoms with van der Waals surface area (Å²) >= 11 is 12.0. The fourth-order valence-corrected chi connectivity index (χ4v) is 3.11. The quantitative estimate of drug-likeness (QED) is 0.482. The van der Waals surface area contributed by atoms with E-state index < -0.39 is 0 Å². The molecule has 0 unspecified atom stereocenters. The number of anilines is 1. The Labute approximate surface area is 168 Å². The highest BCUT2D eigenvalue weighted by Crippen LogP contribution is 2.36. The van der Waals surface area contributed by atoms with Crippen molar-refractivity contribution in [2.24, 2.45) is 0 Å². The van der Waals surface area contributed by atoms with Gasteiger partial charge in [-0.1, -0.05) is 65.7 Å². The molecule has 3 rings (SSSR count). The fraction of sp³-hybridized carbons (Fsp3) is 0.143. The smallest absolute Gasteiger partial charge is 0.166 e. The number of methoxy groups -OCH3 is 1. The lowest BCUT2D eigenvalue weighted by molar-refractivity contribution is 0.281. The van der Waals surface area contributed by atoms with Crippen LogP contribution in [-0.4, -0.2) is 12.2 Å². The number of aromatic hydroxyl groups is 1. The van der Waals surface area contributed by atoms with E-state index in [0.29, 0.717) is 30.3 Å². The van der Waals surface area contributed by atoms with Crippen LogP contribution in [0, 0.1) is 0 Å². The summed E-state index contributed by atoms with van der Waals surface area (Å²) in [6, 6.07) is 18.9. The summed E-state index contributed by atoms with van der Waals surface area (Å²) in [6.07, 6.45) is 0. The summed E-state index contributed by atoms with van der Waals surface area (Å²) in [5, 5.41) is 13.3. The molecule has 3 aromatic rings. The molecule has 0 spiro atoms. The van der Waals surface area contributed by atoms with Gasteiger partial charge in [0.2, 0.25) is 0 Å². The molecule has 0 heterocycles. The number of phenolic OH excluding ortho intramolecular Hbond substituents is 1. The summed E-state index contributed by atoms with van der Waals surface area (Å²) in [5.74, 6) is 1.21. The molecular weight excluding hydrogens is 385 g/mol. The first-order chi connectivity index (χ1) is 13.1. The zero-order chi connectivity index (χ0) is 19.2. The van der Waals surface area contributed by atoms with E-state index in [9.17, 15) is 5.11 Å². The van der Waals surface area contributed by atoms with Gasteiger partial charge in [0, 0.05) is 17.8 Å². The standard InChI is InChI=1S/C21H19Cl2NO3/c1-26-19-9-5-8-15(21(19)27-13-14-6-3-2-4-7-14)12-24-16-10-17(22)20(25)18(23)11-16/h2-11,24-25H,12-13H2,1H3. The first-order valence-electron chi connectivity index (χ1n) is 8.33. The molecule has 0 aliphatic heterocycles. The second kappa shape index (κ2) is 8.89. The van der Waals surface area contributed by atoms with Gasteiger partial charge < -0.3 is 19.9 Å². The molecule has 140 valence electrons. The molecule has 2 N–H and O–H groups in total. The van der Waals surface area contributed by atoms with E-state index in [4.69, 9.17) is 32.7 Å². The lowest BCUT2D eigenvalue weighted by atomic mass is 10.1. The summed E-state index contributed by atoms with van der Waals surface area (Å²) < 4.78 is 11.5. The monoisotopic (exact) mass is 403 g/mol. The summed E-state index contributed by atoms with van der Waals surface area (Å²) in [6.45, 7) is 0.907. The molecule has 3 aromatic carbocycles. The molecule has 0 amide bonds. The lowest BCUT2D eigenvalue weighted by Crippen LogP contribution is -2.05. The molecule has 0 saturated heterocycles. The molecule has 0 atom stereocenters. The van der Waals surface area contributed by atoms with E-state index in [1.807, 2.05) is 48.5 Å². The minimum atomic E-state index is -0.128. The third-order valence-corrected chi connectivity index (χ3v) is 4.58. The van der Waals surface area contributed by atoms with Gasteiger partial charge in [-0.05, 0) is 23.8 Å². The fourth-order valence-electron chi connectivity index (χ4n) is 2.62. The van der Waals surface area contributed by atoms with Gasteiger partial charge in [0.1, 0.15) is 6.61 Å². The number of para-hydroxylation sites is 1. The second-order valence-corrected chi connectivity index (χ2v) is 6.68. The Bertz CT molecular complexity index is 894. The average Bonchev–Trinajstić information content (AvgIpc) is 2.69. The Hall–Kier alpha value is -2.56. The molecule has 27 heavy (non-hydrogen) atoms. The highest BCUT2D eigenvalue weighted by molar-refractivity contribution is 6.37. The number of halogens is 2. The van der Waals surface area contributed by atoms with E-state index in [-0.39, 0.29) is 15.8 Å². The van der Waals surface area contributed by atoms with Crippen molar-refractivity contribution in [3.05, 3.63) is 81.8 Å². The van der Waals surface area contributed by atoms with Gasteiger partial charge in [0.25, 0.3) is 0 Å². The van der Waals surface area contributed by atoms with Gasteiger partial charge in [-0.25, -0.2) is 0 Å². The zero-order valence-electron chi connectivity index (χ0n) is 14.7. The van der Waals surface area contributed by atoms with Gasteiger partial charge in [0.05, 0.1) is 17.2 Å². The van der Waals surface area contributed by atoms with Crippen LogP contribution in [0.15, 0.2) is 60.7 Å². The highest BCUT2D eigenvalue weighted by atomic mass is 35.5. The minimum absolute atomic E-state index is 0.128. The van der Waals surface area contributed by atoms with E-state index in [0.717, 1.165) is 11.1 Å². The van der Waals surface area contributed by atoms with Crippen LogP contribution >= 0.6 is 23.2 Å². The van der Waals surface area contributed by atoms with Gasteiger partial charge in [0.15, 0.2) is 17.2 Å². The predicted octanol–water partition coefficient (Wildman–Crippen LogP) is 5.90. The number of benzene rings is 3. The lowest BCUT2D eigenvalue weighted by Gasteiger charge is -2.16. The number of phenols is 1. The van der Waals surface area contributed by atoms with Crippen molar-refractivity contribution in [2.75, 3.05) is 12.4 Å². The molecule has 6 heteroatoms. The Balaban J connectivity index is 1.78. The van der Waals surface area contributed by atoms with Crippen LogP contribution in [0.3, 0.4) is 0 Å². The van der Waals surface area contributed by atoms with Crippen LogP contribution in [0.2, 0.25) is 10.0 Å². The SMILES string of the molecule is COc1cccc(CNc2cc(Cl)c(O)c(Cl)c2)c1OCc1ccccc1. The maximum Gasteiger partial charge on any atom is 0.166 e. The van der Waals surface area contributed by atoms with Crippen LogP contribution in [-0.2, 0) is 13.2 Å². The summed E-state index contributed by atoms with van der Waals surface area (Å²) in [7, 11) is 1.61. The van der Waals surface area contributed by atoms with Crippen molar-refractivity contribution in [3.8, 4) is 17.2 Å². The van der Waals surface area contributed by atoms with E-state index in [1.165, 1.54) is 0 Å². The molecule has 4 nitrogen and oxygen atoms in total. The number of nitrogens with one attached hydrogen (secondary N) is 1. The van der Waals surface area contributed by atoms with Crippen molar-refractivity contribution in [3.63, 3.8) is 0 Å². The molecule has 0 saturated carbocycles. The maximum atomic E-state index is 9.68. The summed E-state index contributed by atoms with van der Waals surface area (Å²) in [4.78, 5) is 0. The van der Waals surface area contributed by atoms with Crippen molar-refractivity contribution in [2.45, 2.75) is 13.2 Å². The Morgan fingerprint density at radius 2 is 1.67 bits per heavy atom. The average molecular weight is 404 g/mol. The zero-order valence-corrected chi connectivity index (χ0v) is 16.2. The third-order valence-electron chi connectivity index (χ3n) is 4.01. The van der Waals surface area contributed by atoms with Crippen LogP contribution in [0.5, 0.6) is 17.2 Å². The Morgan fingerprint density at radius 1 is 0.963 bits per heavy atom. The number of ether oxygens (including phenoxy) is 2. The van der Waals surface area contributed by atoms with Crippen molar-refractivity contribution < 1.29 is 14.6 Å². The van der Waals surface area contributed by atoms with Gasteiger partial charge in [-0.3, -0.25) is 0 Å². The van der Waals surface area contributed by atoms with E-state index in [1.54, 1.807) is 19.2 Å². The third kappa shape index (κ3) is 4.79. The predicted molar refractivity (Wildman–Crippen MR) is 109 cm³/mol. The topological polar surface area (TPSA) is 50.7 Å². The van der Waals surface area contributed by atoms with Crippen LogP contribution in [0.1, 0.15) is 11.1 Å². The van der Waals surface area contributed by atoms with Crippen molar-refractivity contribution in [1.29, 1.82) is 0 Å². The molecule has 0 fully saturated rings. The van der Waals surface area contributed by atoms with Crippen LogP contribution < -0.4 is 14.8 Å². The normalized spacial score (nSPS) is 10.5. The number of hydrogen-bond donors (Lipinski definition) is 2. The van der Waals surface area contributed by atoms with E-state index in [2.05, 4.69) is 5.32 Å². The Kier molecular flexibility index (Phi) is 6.32. The van der Waals surface area contributed by atoms with Gasteiger partial charge in [-0.2, -0.15) is 0 Å². The first-order valence-corrected chi connectivity index (χ1v) is 9.08. The molecular formula is C21H19Cl2NO3. The van der Waals surface area contributed by atoms with Gasteiger partial charge in [-0.15, -0.1) is 0 Å². The molecule has 0 bridgehead atoms. The maximum absolute atomic E-state index is 9.68. The van der Waals surface area contributed by atoms with Crippen LogP contribution in [0.4, 0.5) is 5.69 Å². The molecule has 0 radical (unpaired) electrons. The number of hydrogen-bond acceptors (Lipinski definition) is 4. The second-order valence-electron chi connectivity index (χ2n) is 5.86. The minimum Gasteiger partial charge on any atom is -0.505 e. The largest absolute Gasteiger partial charge is 0.505 e. The molecule has 0 aliphatic rings. The Morgan fingerprint density at radius 3 is 2.33 bits per heavy atom. The van der Waals surface area contributed by atoms with E-state index >= 15 is 0 Å². The van der Waals surface area contributed by atoms with Crippen molar-refractivity contribution in [1.82, 2.24) is 0 Å². The number of rotatable bonds is 7. The molecule has 0 aromatic heterocycles. The molecule has 0 aliphatic carbocycles. The highest BCUT2D eigenvalue weighted by Gasteiger charge is 2.12.